The first-order valence-electron chi connectivity index (χ1n) is 10.6. The largest absolute Gasteiger partial charge is 0.492 e. The molecule has 3 N–H and O–H groups in total. The van der Waals surface area contributed by atoms with Crippen molar-refractivity contribution in [2.45, 2.75) is 50.4 Å². The van der Waals surface area contributed by atoms with Gasteiger partial charge in [0.05, 0.1) is 11.2 Å². The first kappa shape index (κ1) is 24.7. The van der Waals surface area contributed by atoms with E-state index in [1.165, 1.54) is 0 Å². The minimum absolute atomic E-state index is 0.138. The highest BCUT2D eigenvalue weighted by atomic mass is 32.2. The van der Waals surface area contributed by atoms with Crippen LogP contribution >= 0.6 is 11.8 Å². The van der Waals surface area contributed by atoms with Gasteiger partial charge in [0.2, 0.25) is 0 Å². The van der Waals surface area contributed by atoms with Crippen LogP contribution in [0.5, 0.6) is 0 Å². The van der Waals surface area contributed by atoms with E-state index in [0.717, 1.165) is 22.2 Å². The topological polar surface area (TPSA) is 107 Å². The van der Waals surface area contributed by atoms with Crippen molar-refractivity contribution in [2.24, 2.45) is 0 Å². The standard InChI is InChI=1S/C24H28BN3O4S/c1-23(2)24(3,4)32-25(31-23)19(12-18-13-20(33-16-26)10-11-21(18)27)14-28-22(29)30-15-17-8-6-5-7-9-17/h5-13H,14-15,27H2,1-4H3,(H,28,29). The van der Waals surface area contributed by atoms with Crippen molar-refractivity contribution in [1.82, 2.24) is 5.32 Å². The van der Waals surface area contributed by atoms with Gasteiger partial charge in [-0.2, -0.15) is 5.26 Å². The van der Waals surface area contributed by atoms with Gasteiger partial charge in [-0.3, -0.25) is 0 Å². The number of nitrogens with zero attached hydrogens (tertiary/aromatic N) is 1. The number of nitriles is 1. The quantitative estimate of drug-likeness (QED) is 0.262. The van der Waals surface area contributed by atoms with Crippen LogP contribution in [0.4, 0.5) is 10.5 Å². The molecule has 1 amide bonds. The molecule has 9 heteroatoms. The van der Waals surface area contributed by atoms with Gasteiger partial charge in [-0.15, -0.1) is 0 Å². The average Bonchev–Trinajstić information content (AvgIpc) is 2.99. The van der Waals surface area contributed by atoms with E-state index in [1.54, 1.807) is 12.1 Å². The molecule has 2 aromatic carbocycles. The number of hydrogen-bond acceptors (Lipinski definition) is 7. The smallest absolute Gasteiger partial charge is 0.445 e. The first-order valence-corrected chi connectivity index (χ1v) is 11.4. The van der Waals surface area contributed by atoms with Gasteiger partial charge in [0, 0.05) is 17.1 Å². The Hall–Kier alpha value is -2.93. The monoisotopic (exact) mass is 465 g/mol. The number of nitrogens with one attached hydrogen (secondary N) is 1. The zero-order chi connectivity index (χ0) is 24.1. The van der Waals surface area contributed by atoms with Crippen molar-refractivity contribution >= 4 is 36.7 Å². The van der Waals surface area contributed by atoms with Gasteiger partial charge in [-0.05, 0) is 74.3 Å². The van der Waals surface area contributed by atoms with Crippen LogP contribution in [0, 0.1) is 10.7 Å². The Labute approximate surface area is 199 Å². The number of hydrogen-bond donors (Lipinski definition) is 2. The summed E-state index contributed by atoms with van der Waals surface area (Å²) in [6.45, 7) is 8.16. The SMILES string of the molecule is CC1(C)OB(C(=Cc2cc(SC#N)ccc2N)CNC(=O)OCc2ccccc2)OC1(C)C. The molecule has 2 aromatic rings. The van der Waals surface area contributed by atoms with Gasteiger partial charge in [0.25, 0.3) is 0 Å². The number of alkyl carbamates (subject to hydrolysis) is 1. The van der Waals surface area contributed by atoms with Crippen LogP contribution in [0.15, 0.2) is 58.9 Å². The zero-order valence-corrected chi connectivity index (χ0v) is 20.1. The number of rotatable bonds is 7. The van der Waals surface area contributed by atoms with Crippen LogP contribution in [0.25, 0.3) is 6.08 Å². The fraction of sp³-hybridized carbons (Fsp3) is 0.333. The summed E-state index contributed by atoms with van der Waals surface area (Å²) in [7, 11) is -0.684. The van der Waals surface area contributed by atoms with E-state index in [2.05, 4.69) is 10.7 Å². The minimum Gasteiger partial charge on any atom is -0.445 e. The van der Waals surface area contributed by atoms with Crippen LogP contribution in [-0.2, 0) is 20.7 Å². The van der Waals surface area contributed by atoms with Crippen molar-refractivity contribution in [3.05, 3.63) is 65.1 Å². The summed E-state index contributed by atoms with van der Waals surface area (Å²) >= 11 is 1.05. The number of benzene rings is 2. The summed E-state index contributed by atoms with van der Waals surface area (Å²) in [6, 6.07) is 14.8. The van der Waals surface area contributed by atoms with Crippen LogP contribution < -0.4 is 11.1 Å². The number of carbonyl (C=O) groups excluding carboxylic acids is 1. The molecule has 1 aliphatic heterocycles. The lowest BCUT2D eigenvalue weighted by Gasteiger charge is -2.32. The molecule has 1 aliphatic rings. The molecule has 172 valence electrons. The molecular weight excluding hydrogens is 437 g/mol. The molecule has 0 aliphatic carbocycles. The van der Waals surface area contributed by atoms with E-state index >= 15 is 0 Å². The molecule has 0 atom stereocenters. The van der Waals surface area contributed by atoms with Gasteiger partial charge in [0.15, 0.2) is 0 Å². The Morgan fingerprint density at radius 2 is 1.85 bits per heavy atom. The van der Waals surface area contributed by atoms with Crippen molar-refractivity contribution in [1.29, 1.82) is 5.26 Å². The van der Waals surface area contributed by atoms with Gasteiger partial charge >= 0.3 is 13.2 Å². The number of amides is 1. The molecule has 0 unspecified atom stereocenters. The second kappa shape index (κ2) is 10.3. The van der Waals surface area contributed by atoms with Crippen LogP contribution in [0.1, 0.15) is 38.8 Å². The molecule has 33 heavy (non-hydrogen) atoms. The highest BCUT2D eigenvalue weighted by Crippen LogP contribution is 2.39. The number of carbonyl (C=O) groups is 1. The summed E-state index contributed by atoms with van der Waals surface area (Å²) in [6.07, 6.45) is 1.28. The van der Waals surface area contributed by atoms with Crippen molar-refractivity contribution < 1.29 is 18.8 Å². The third kappa shape index (κ3) is 6.32. The number of ether oxygens (including phenoxy) is 1. The fourth-order valence-electron chi connectivity index (χ4n) is 3.14. The highest BCUT2D eigenvalue weighted by molar-refractivity contribution is 8.03. The molecule has 0 radical (unpaired) electrons. The summed E-state index contributed by atoms with van der Waals surface area (Å²) in [5.74, 6) is 0. The molecule has 3 rings (SSSR count). The predicted molar refractivity (Wildman–Crippen MR) is 131 cm³/mol. The third-order valence-electron chi connectivity index (χ3n) is 5.77. The number of anilines is 1. The Bertz CT molecular complexity index is 1050. The Kier molecular flexibility index (Phi) is 7.74. The normalized spacial score (nSPS) is 16.8. The number of nitrogens with two attached hydrogens (primary N) is 1. The van der Waals surface area contributed by atoms with E-state index in [-0.39, 0.29) is 13.2 Å². The Morgan fingerprint density at radius 3 is 2.48 bits per heavy atom. The van der Waals surface area contributed by atoms with Crippen molar-refractivity contribution in [3.63, 3.8) is 0 Å². The molecule has 1 saturated heterocycles. The van der Waals surface area contributed by atoms with E-state index in [9.17, 15) is 4.79 Å². The molecular formula is C24H28BN3O4S. The summed E-state index contributed by atoms with van der Waals surface area (Å²) in [4.78, 5) is 13.1. The van der Waals surface area contributed by atoms with E-state index < -0.39 is 24.4 Å². The Morgan fingerprint density at radius 1 is 1.18 bits per heavy atom. The lowest BCUT2D eigenvalue weighted by molar-refractivity contribution is 0.00578. The van der Waals surface area contributed by atoms with Crippen LogP contribution in [-0.4, -0.2) is 31.0 Å². The number of nitrogen functional groups attached to an aromatic ring is 1. The molecule has 1 fully saturated rings. The summed E-state index contributed by atoms with van der Waals surface area (Å²) < 4.78 is 17.7. The van der Waals surface area contributed by atoms with Gasteiger partial charge in [-0.1, -0.05) is 36.4 Å². The molecule has 0 aromatic heterocycles. The molecule has 0 spiro atoms. The van der Waals surface area contributed by atoms with Gasteiger partial charge in [0.1, 0.15) is 12.0 Å². The molecule has 7 nitrogen and oxygen atoms in total. The van der Waals surface area contributed by atoms with Crippen LogP contribution in [0.2, 0.25) is 0 Å². The maximum absolute atomic E-state index is 12.3. The fourth-order valence-corrected chi connectivity index (χ4v) is 3.57. The van der Waals surface area contributed by atoms with E-state index in [0.29, 0.717) is 16.7 Å². The lowest BCUT2D eigenvalue weighted by atomic mass is 9.77. The van der Waals surface area contributed by atoms with Gasteiger partial charge in [-0.25, -0.2) is 4.79 Å². The highest BCUT2D eigenvalue weighted by Gasteiger charge is 2.52. The van der Waals surface area contributed by atoms with Crippen molar-refractivity contribution in [3.8, 4) is 5.40 Å². The minimum atomic E-state index is -0.684. The second-order valence-electron chi connectivity index (χ2n) is 8.71. The first-order chi connectivity index (χ1) is 15.6. The zero-order valence-electron chi connectivity index (χ0n) is 19.3. The Balaban J connectivity index is 1.79. The second-order valence-corrected chi connectivity index (χ2v) is 9.56. The molecule has 0 bridgehead atoms. The van der Waals surface area contributed by atoms with Crippen molar-refractivity contribution in [2.75, 3.05) is 12.3 Å². The van der Waals surface area contributed by atoms with Gasteiger partial charge < -0.3 is 25.1 Å². The summed E-state index contributed by atoms with van der Waals surface area (Å²) in [5, 5.41) is 13.8. The van der Waals surface area contributed by atoms with E-state index in [1.807, 2.05) is 70.2 Å². The van der Waals surface area contributed by atoms with E-state index in [4.69, 9.17) is 25.0 Å². The molecule has 0 saturated carbocycles. The number of thioether (sulfide) groups is 1. The van der Waals surface area contributed by atoms with Crippen LogP contribution in [0.3, 0.4) is 0 Å². The maximum Gasteiger partial charge on any atom is 0.492 e. The molecule has 1 heterocycles. The summed E-state index contributed by atoms with van der Waals surface area (Å²) in [5.41, 5.74) is 7.90. The third-order valence-corrected chi connectivity index (χ3v) is 6.35. The number of thiocyanates is 1. The lowest BCUT2D eigenvalue weighted by Crippen LogP contribution is -2.41. The maximum atomic E-state index is 12.3. The average molecular weight is 465 g/mol. The predicted octanol–water partition coefficient (Wildman–Crippen LogP) is 4.78.